The first kappa shape index (κ1) is 31.0. The van der Waals surface area contributed by atoms with E-state index in [4.69, 9.17) is 9.47 Å². The molecule has 0 spiro atoms. The summed E-state index contributed by atoms with van der Waals surface area (Å²) in [5.74, 6) is 0.774. The van der Waals surface area contributed by atoms with Crippen molar-refractivity contribution in [2.75, 3.05) is 49.7 Å². The highest BCUT2D eigenvalue weighted by molar-refractivity contribution is 6.09. The van der Waals surface area contributed by atoms with Crippen LogP contribution in [0.4, 0.5) is 17.2 Å². The van der Waals surface area contributed by atoms with Gasteiger partial charge >= 0.3 is 0 Å². The van der Waals surface area contributed by atoms with Crippen LogP contribution in [-0.2, 0) is 17.2 Å². The summed E-state index contributed by atoms with van der Waals surface area (Å²) >= 11 is 0. The molecule has 1 saturated heterocycles. The molecule has 2 aliphatic rings. The lowest BCUT2D eigenvalue weighted by atomic mass is 9.86. The number of carbonyl (C=O) groups is 2. The highest BCUT2D eigenvalue weighted by Crippen LogP contribution is 2.35. The van der Waals surface area contributed by atoms with E-state index in [1.54, 1.807) is 35.0 Å². The molecule has 4 aromatic rings. The van der Waals surface area contributed by atoms with Crippen LogP contribution in [0, 0.1) is 6.92 Å². The number of pyridine rings is 1. The Balaban J connectivity index is 1.27. The van der Waals surface area contributed by atoms with Gasteiger partial charge in [-0.3, -0.25) is 14.4 Å². The van der Waals surface area contributed by atoms with Crippen molar-refractivity contribution in [2.24, 2.45) is 7.05 Å². The van der Waals surface area contributed by atoms with Gasteiger partial charge in [0.05, 0.1) is 36.6 Å². The SMILES string of the molecule is Cc1c(-c2cc(Nc3ccc(C(=O)N4CCOCC4)cn3)c(=O)n(C)n2)cccc1N1CCOc2cc(C(C)(C)C)ccc2C1=O. The van der Waals surface area contributed by atoms with Crippen LogP contribution in [0.1, 0.15) is 52.6 Å². The number of aryl methyl sites for hydroxylation is 1. The zero-order chi connectivity index (χ0) is 32.6. The average Bonchev–Trinajstić information content (AvgIpc) is 3.21. The number of aromatic nitrogens is 3. The van der Waals surface area contributed by atoms with Crippen LogP contribution < -0.4 is 20.5 Å². The van der Waals surface area contributed by atoms with Gasteiger partial charge in [0, 0.05) is 37.6 Å². The molecular formula is C35H38N6O5. The van der Waals surface area contributed by atoms with E-state index in [0.717, 1.165) is 22.4 Å². The van der Waals surface area contributed by atoms with Crippen LogP contribution in [0.15, 0.2) is 65.6 Å². The number of hydrogen-bond acceptors (Lipinski definition) is 8. The number of amides is 2. The zero-order valence-corrected chi connectivity index (χ0v) is 26.8. The van der Waals surface area contributed by atoms with Crippen molar-refractivity contribution in [1.29, 1.82) is 0 Å². The lowest BCUT2D eigenvalue weighted by Crippen LogP contribution is -2.40. The number of morpholine rings is 1. The Labute approximate surface area is 267 Å². The van der Waals surface area contributed by atoms with Gasteiger partial charge in [0.2, 0.25) is 0 Å². The van der Waals surface area contributed by atoms with Crippen LogP contribution in [0.25, 0.3) is 11.3 Å². The first-order valence-electron chi connectivity index (χ1n) is 15.4. The Hall–Kier alpha value is -5.03. The number of nitrogens with one attached hydrogen (secondary N) is 1. The Morgan fingerprint density at radius 3 is 2.43 bits per heavy atom. The highest BCUT2D eigenvalue weighted by Gasteiger charge is 2.28. The number of ether oxygens (including phenoxy) is 2. The second kappa shape index (κ2) is 12.4. The maximum absolute atomic E-state index is 13.8. The van der Waals surface area contributed by atoms with Gasteiger partial charge < -0.3 is 24.6 Å². The van der Waals surface area contributed by atoms with Crippen LogP contribution in [0.2, 0.25) is 0 Å². The van der Waals surface area contributed by atoms with Gasteiger partial charge in [-0.2, -0.15) is 5.10 Å². The molecule has 11 nitrogen and oxygen atoms in total. The van der Waals surface area contributed by atoms with Crippen LogP contribution in [0.5, 0.6) is 5.75 Å². The molecule has 4 heterocycles. The average molecular weight is 623 g/mol. The molecule has 6 rings (SSSR count). The molecule has 0 unspecified atom stereocenters. The van der Waals surface area contributed by atoms with Gasteiger partial charge in [0.25, 0.3) is 17.4 Å². The van der Waals surface area contributed by atoms with E-state index in [2.05, 4.69) is 36.2 Å². The quantitative estimate of drug-likeness (QED) is 0.340. The van der Waals surface area contributed by atoms with Crippen molar-refractivity contribution in [2.45, 2.75) is 33.1 Å². The van der Waals surface area contributed by atoms with Crippen molar-refractivity contribution in [3.8, 4) is 17.0 Å². The third kappa shape index (κ3) is 6.10. The number of carbonyl (C=O) groups excluding carboxylic acids is 2. The molecule has 2 aromatic heterocycles. The monoisotopic (exact) mass is 622 g/mol. The molecule has 238 valence electrons. The molecular weight excluding hydrogens is 584 g/mol. The third-order valence-electron chi connectivity index (χ3n) is 8.40. The molecule has 0 bridgehead atoms. The van der Waals surface area contributed by atoms with E-state index >= 15 is 0 Å². The Morgan fingerprint density at radius 1 is 0.935 bits per heavy atom. The molecule has 1 N–H and O–H groups in total. The van der Waals surface area contributed by atoms with E-state index in [0.29, 0.717) is 67.8 Å². The van der Waals surface area contributed by atoms with Crippen LogP contribution in [0.3, 0.4) is 0 Å². The van der Waals surface area contributed by atoms with Gasteiger partial charge in [-0.1, -0.05) is 39.0 Å². The summed E-state index contributed by atoms with van der Waals surface area (Å²) in [6.45, 7) is 11.2. The summed E-state index contributed by atoms with van der Waals surface area (Å²) in [5.41, 5.74) is 4.87. The second-order valence-electron chi connectivity index (χ2n) is 12.5. The van der Waals surface area contributed by atoms with Crippen molar-refractivity contribution in [1.82, 2.24) is 19.7 Å². The van der Waals surface area contributed by atoms with Crippen molar-refractivity contribution < 1.29 is 19.1 Å². The number of fused-ring (bicyclic) bond motifs is 1. The summed E-state index contributed by atoms with van der Waals surface area (Å²) in [4.78, 5) is 47.6. The van der Waals surface area contributed by atoms with Crippen molar-refractivity contribution in [3.05, 3.63) is 93.4 Å². The summed E-state index contributed by atoms with van der Waals surface area (Å²) in [7, 11) is 1.59. The van der Waals surface area contributed by atoms with Gasteiger partial charge in [-0.05, 0) is 59.9 Å². The largest absolute Gasteiger partial charge is 0.491 e. The molecule has 0 radical (unpaired) electrons. The van der Waals surface area contributed by atoms with Gasteiger partial charge in [-0.15, -0.1) is 0 Å². The summed E-state index contributed by atoms with van der Waals surface area (Å²) in [6.07, 6.45) is 1.50. The Bertz CT molecular complexity index is 1860. The fraction of sp³-hybridized carbons (Fsp3) is 0.343. The number of anilines is 3. The maximum atomic E-state index is 13.8. The minimum atomic E-state index is -0.334. The predicted molar refractivity (Wildman–Crippen MR) is 176 cm³/mol. The van der Waals surface area contributed by atoms with E-state index in [-0.39, 0.29) is 28.5 Å². The molecule has 0 aliphatic carbocycles. The number of nitrogens with zero attached hydrogens (tertiary/aromatic N) is 5. The lowest BCUT2D eigenvalue weighted by molar-refractivity contribution is 0.0302. The molecule has 0 atom stereocenters. The first-order chi connectivity index (χ1) is 22.0. The molecule has 2 amide bonds. The zero-order valence-electron chi connectivity index (χ0n) is 26.8. The van der Waals surface area contributed by atoms with Crippen molar-refractivity contribution in [3.63, 3.8) is 0 Å². The van der Waals surface area contributed by atoms with Crippen molar-refractivity contribution >= 4 is 29.0 Å². The second-order valence-corrected chi connectivity index (χ2v) is 12.5. The topological polar surface area (TPSA) is 119 Å². The van der Waals surface area contributed by atoms with E-state index < -0.39 is 0 Å². The van der Waals surface area contributed by atoms with E-state index in [1.165, 1.54) is 10.9 Å². The minimum Gasteiger partial charge on any atom is -0.491 e. The molecule has 11 heteroatoms. The summed E-state index contributed by atoms with van der Waals surface area (Å²) in [6, 6.07) is 16.6. The van der Waals surface area contributed by atoms with Crippen LogP contribution in [-0.4, -0.2) is 70.9 Å². The Kier molecular flexibility index (Phi) is 8.35. The van der Waals surface area contributed by atoms with E-state index in [9.17, 15) is 14.4 Å². The standard InChI is InChI=1S/C35H38N6O5/c1-22-25(7-6-8-29(22)41-15-18-46-30-19-24(35(2,3)4)10-11-26(30)33(41)43)27-20-28(34(44)39(5)38-27)37-31-12-9-23(21-36-31)32(42)40-13-16-45-17-14-40/h6-12,19-21H,13-18H2,1-5H3,(H,36,37). The molecule has 0 saturated carbocycles. The number of hydrogen-bond donors (Lipinski definition) is 1. The fourth-order valence-electron chi connectivity index (χ4n) is 5.71. The first-order valence-corrected chi connectivity index (χ1v) is 15.4. The van der Waals surface area contributed by atoms with Gasteiger partial charge in [0.15, 0.2) is 0 Å². The summed E-state index contributed by atoms with van der Waals surface area (Å²) < 4.78 is 12.7. The predicted octanol–water partition coefficient (Wildman–Crippen LogP) is 4.70. The molecule has 1 fully saturated rings. The lowest BCUT2D eigenvalue weighted by Gasteiger charge is -2.26. The van der Waals surface area contributed by atoms with Gasteiger partial charge in [-0.25, -0.2) is 9.67 Å². The number of benzene rings is 2. The fourth-order valence-corrected chi connectivity index (χ4v) is 5.71. The smallest absolute Gasteiger partial charge is 0.290 e. The highest BCUT2D eigenvalue weighted by atomic mass is 16.5. The normalized spacial score (nSPS) is 15.2. The Morgan fingerprint density at radius 2 is 1.72 bits per heavy atom. The molecule has 46 heavy (non-hydrogen) atoms. The molecule has 2 aliphatic heterocycles. The van der Waals surface area contributed by atoms with Crippen LogP contribution >= 0.6 is 0 Å². The minimum absolute atomic E-state index is 0.0730. The van der Waals surface area contributed by atoms with Gasteiger partial charge in [0.1, 0.15) is 23.9 Å². The third-order valence-corrected chi connectivity index (χ3v) is 8.40. The summed E-state index contributed by atoms with van der Waals surface area (Å²) in [5, 5.41) is 7.64. The van der Waals surface area contributed by atoms with E-state index in [1.807, 2.05) is 43.3 Å². The maximum Gasteiger partial charge on any atom is 0.290 e. The molecule has 2 aromatic carbocycles. The number of rotatable bonds is 5.